The SMILES string of the molecule is O=C(O)c1ccc(Cl)nc1OCCCc1ccncc1. The molecule has 0 saturated carbocycles. The molecule has 2 heterocycles. The second kappa shape index (κ2) is 6.86. The van der Waals surface area contributed by atoms with Crippen LogP contribution in [0.3, 0.4) is 0 Å². The first kappa shape index (κ1) is 14.3. The maximum Gasteiger partial charge on any atom is 0.341 e. The summed E-state index contributed by atoms with van der Waals surface area (Å²) in [6.45, 7) is 0.371. The van der Waals surface area contributed by atoms with E-state index in [1.54, 1.807) is 12.4 Å². The van der Waals surface area contributed by atoms with E-state index in [-0.39, 0.29) is 16.6 Å². The molecule has 5 nitrogen and oxygen atoms in total. The van der Waals surface area contributed by atoms with E-state index < -0.39 is 5.97 Å². The van der Waals surface area contributed by atoms with E-state index in [4.69, 9.17) is 21.4 Å². The summed E-state index contributed by atoms with van der Waals surface area (Å²) >= 11 is 5.74. The van der Waals surface area contributed by atoms with Gasteiger partial charge in [0.15, 0.2) is 0 Å². The minimum atomic E-state index is -1.08. The number of carboxylic acid groups (broad SMARTS) is 1. The fraction of sp³-hybridized carbons (Fsp3) is 0.214. The van der Waals surface area contributed by atoms with Crippen molar-refractivity contribution in [3.8, 4) is 5.88 Å². The first-order valence-corrected chi connectivity index (χ1v) is 6.46. The van der Waals surface area contributed by atoms with Crippen LogP contribution in [0.1, 0.15) is 22.3 Å². The third-order valence-corrected chi connectivity index (χ3v) is 2.87. The molecule has 2 aromatic heterocycles. The van der Waals surface area contributed by atoms with Gasteiger partial charge in [0.05, 0.1) is 6.61 Å². The maximum absolute atomic E-state index is 11.0. The average Bonchev–Trinajstić information content (AvgIpc) is 2.44. The Balaban J connectivity index is 1.91. The van der Waals surface area contributed by atoms with Crippen molar-refractivity contribution in [2.75, 3.05) is 6.61 Å². The van der Waals surface area contributed by atoms with Crippen molar-refractivity contribution < 1.29 is 14.6 Å². The van der Waals surface area contributed by atoms with Gasteiger partial charge in [0.1, 0.15) is 10.7 Å². The molecule has 0 saturated heterocycles. The largest absolute Gasteiger partial charge is 0.477 e. The van der Waals surface area contributed by atoms with Gasteiger partial charge in [-0.05, 0) is 42.7 Å². The quantitative estimate of drug-likeness (QED) is 0.655. The number of aromatic carboxylic acids is 1. The van der Waals surface area contributed by atoms with E-state index in [9.17, 15) is 4.79 Å². The van der Waals surface area contributed by atoms with Crippen LogP contribution in [0.25, 0.3) is 0 Å². The van der Waals surface area contributed by atoms with E-state index >= 15 is 0 Å². The van der Waals surface area contributed by atoms with Crippen molar-refractivity contribution in [1.82, 2.24) is 9.97 Å². The normalized spacial score (nSPS) is 10.2. The van der Waals surface area contributed by atoms with Crippen LogP contribution >= 0.6 is 11.6 Å². The summed E-state index contributed by atoms with van der Waals surface area (Å²) in [5.74, 6) is -1.03. The monoisotopic (exact) mass is 292 g/mol. The number of carboxylic acids is 1. The second-order valence-corrected chi connectivity index (χ2v) is 4.49. The van der Waals surface area contributed by atoms with Crippen molar-refractivity contribution in [3.05, 3.63) is 52.9 Å². The molecule has 2 aromatic rings. The highest BCUT2D eigenvalue weighted by Gasteiger charge is 2.13. The number of aromatic nitrogens is 2. The van der Waals surface area contributed by atoms with Crippen molar-refractivity contribution in [2.24, 2.45) is 0 Å². The van der Waals surface area contributed by atoms with Crippen molar-refractivity contribution in [2.45, 2.75) is 12.8 Å². The lowest BCUT2D eigenvalue weighted by atomic mass is 10.1. The molecule has 0 aliphatic carbocycles. The summed E-state index contributed by atoms with van der Waals surface area (Å²) in [6, 6.07) is 6.67. The Morgan fingerprint density at radius 1 is 1.25 bits per heavy atom. The van der Waals surface area contributed by atoms with Crippen LogP contribution in [-0.2, 0) is 6.42 Å². The summed E-state index contributed by atoms with van der Waals surface area (Å²) in [6.07, 6.45) is 5.04. The van der Waals surface area contributed by atoms with E-state index in [0.717, 1.165) is 18.4 Å². The van der Waals surface area contributed by atoms with E-state index in [2.05, 4.69) is 9.97 Å². The Labute approximate surface area is 121 Å². The molecule has 0 unspecified atom stereocenters. The highest BCUT2D eigenvalue weighted by molar-refractivity contribution is 6.29. The van der Waals surface area contributed by atoms with Crippen molar-refractivity contribution in [3.63, 3.8) is 0 Å². The molecule has 0 fully saturated rings. The zero-order valence-electron chi connectivity index (χ0n) is 10.6. The van der Waals surface area contributed by atoms with Gasteiger partial charge in [-0.1, -0.05) is 11.6 Å². The van der Waals surface area contributed by atoms with Crippen LogP contribution in [0, 0.1) is 0 Å². The number of nitrogens with zero attached hydrogens (tertiary/aromatic N) is 2. The molecule has 104 valence electrons. The number of carbonyl (C=O) groups is 1. The van der Waals surface area contributed by atoms with Gasteiger partial charge in [-0.15, -0.1) is 0 Å². The van der Waals surface area contributed by atoms with Gasteiger partial charge in [-0.2, -0.15) is 0 Å². The summed E-state index contributed by atoms with van der Waals surface area (Å²) in [4.78, 5) is 18.8. The highest BCUT2D eigenvalue weighted by Crippen LogP contribution is 2.19. The molecule has 0 amide bonds. The first-order valence-electron chi connectivity index (χ1n) is 6.08. The molecular formula is C14H13ClN2O3. The fourth-order valence-electron chi connectivity index (χ4n) is 1.69. The molecule has 2 rings (SSSR count). The lowest BCUT2D eigenvalue weighted by molar-refractivity contribution is 0.0691. The molecule has 0 aliphatic rings. The zero-order chi connectivity index (χ0) is 14.4. The molecule has 20 heavy (non-hydrogen) atoms. The van der Waals surface area contributed by atoms with Gasteiger partial charge in [0.2, 0.25) is 5.88 Å². The molecule has 0 spiro atoms. The third kappa shape index (κ3) is 3.93. The minimum Gasteiger partial charge on any atom is -0.477 e. The lowest BCUT2D eigenvalue weighted by Crippen LogP contribution is -2.07. The number of rotatable bonds is 6. The Hall–Kier alpha value is -2.14. The van der Waals surface area contributed by atoms with Crippen LogP contribution in [0.4, 0.5) is 0 Å². The van der Waals surface area contributed by atoms with Crippen LogP contribution in [-0.4, -0.2) is 27.7 Å². The Bertz CT molecular complexity index is 590. The molecular weight excluding hydrogens is 280 g/mol. The van der Waals surface area contributed by atoms with Gasteiger partial charge in [-0.25, -0.2) is 9.78 Å². The number of halogens is 1. The van der Waals surface area contributed by atoms with Crippen LogP contribution < -0.4 is 4.74 Å². The number of hydrogen-bond donors (Lipinski definition) is 1. The Morgan fingerprint density at radius 3 is 2.70 bits per heavy atom. The Kier molecular flexibility index (Phi) is 4.90. The van der Waals surface area contributed by atoms with Crippen LogP contribution in [0.15, 0.2) is 36.7 Å². The molecule has 0 radical (unpaired) electrons. The van der Waals surface area contributed by atoms with Gasteiger partial charge in [-0.3, -0.25) is 4.98 Å². The minimum absolute atomic E-state index is 0.0123. The average molecular weight is 293 g/mol. The van der Waals surface area contributed by atoms with Gasteiger partial charge >= 0.3 is 5.97 Å². The third-order valence-electron chi connectivity index (χ3n) is 2.65. The predicted molar refractivity (Wildman–Crippen MR) is 74.3 cm³/mol. The molecule has 6 heteroatoms. The van der Waals surface area contributed by atoms with Crippen molar-refractivity contribution >= 4 is 17.6 Å². The Morgan fingerprint density at radius 2 is 2.00 bits per heavy atom. The molecule has 0 aliphatic heterocycles. The van der Waals surface area contributed by atoms with Gasteiger partial charge < -0.3 is 9.84 Å². The summed E-state index contributed by atoms with van der Waals surface area (Å²) in [5.41, 5.74) is 1.17. The van der Waals surface area contributed by atoms with Crippen LogP contribution in [0.5, 0.6) is 5.88 Å². The first-order chi connectivity index (χ1) is 9.66. The second-order valence-electron chi connectivity index (χ2n) is 4.10. The maximum atomic E-state index is 11.0. The van der Waals surface area contributed by atoms with E-state index in [1.165, 1.54) is 12.1 Å². The van der Waals surface area contributed by atoms with E-state index in [1.807, 2.05) is 12.1 Å². The number of hydrogen-bond acceptors (Lipinski definition) is 4. The van der Waals surface area contributed by atoms with Gasteiger partial charge in [0, 0.05) is 12.4 Å². The molecule has 0 bridgehead atoms. The smallest absolute Gasteiger partial charge is 0.341 e. The molecule has 1 N–H and O–H groups in total. The van der Waals surface area contributed by atoms with Gasteiger partial charge in [0.25, 0.3) is 0 Å². The summed E-state index contributed by atoms with van der Waals surface area (Å²) in [5, 5.41) is 9.23. The van der Waals surface area contributed by atoms with E-state index in [0.29, 0.717) is 6.61 Å². The molecule has 0 atom stereocenters. The standard InChI is InChI=1S/C14H13ClN2O3/c15-12-4-3-11(14(18)19)13(17-12)20-9-1-2-10-5-7-16-8-6-10/h3-8H,1-2,9H2,(H,18,19). The fourth-order valence-corrected chi connectivity index (χ4v) is 1.83. The zero-order valence-corrected chi connectivity index (χ0v) is 11.4. The van der Waals surface area contributed by atoms with Crippen molar-refractivity contribution in [1.29, 1.82) is 0 Å². The van der Waals surface area contributed by atoms with Crippen LogP contribution in [0.2, 0.25) is 5.15 Å². The summed E-state index contributed by atoms with van der Waals surface area (Å²) < 4.78 is 5.41. The topological polar surface area (TPSA) is 72.3 Å². The number of pyridine rings is 2. The predicted octanol–water partition coefficient (Wildman–Crippen LogP) is 2.84. The number of ether oxygens (including phenoxy) is 1. The number of aryl methyl sites for hydroxylation is 1. The highest BCUT2D eigenvalue weighted by atomic mass is 35.5. The molecule has 0 aromatic carbocycles. The lowest BCUT2D eigenvalue weighted by Gasteiger charge is -2.08. The summed E-state index contributed by atoms with van der Waals surface area (Å²) in [7, 11) is 0.